The average Bonchev–Trinajstić information content (AvgIpc) is 4.35. The molecule has 19 heteroatoms. The number of ether oxygens (including phenoxy) is 4. The predicted molar refractivity (Wildman–Crippen MR) is 329 cm³/mol. The summed E-state index contributed by atoms with van der Waals surface area (Å²) < 4.78 is 25.2. The molecule has 1 saturated carbocycles. The molecule has 2 aromatic heterocycles. The molecule has 1 aliphatic carbocycles. The topological polar surface area (TPSA) is 187 Å². The van der Waals surface area contributed by atoms with Crippen molar-refractivity contribution < 1.29 is 38.4 Å². The number of piperidine rings is 1. The molecule has 0 bridgehead atoms. The third-order valence-corrected chi connectivity index (χ3v) is 18.6. The standard InChI is InChI=1S/C65H82N10O8S/c1-5-59(77)72-30-32-73(33-31-72)61-53-25-29-74(57-39-47(76)38-46-16-9-10-17-49(46)57)41-54(53)68-65(70-61)83-43(2)40-71-27-23-48(24-28-71)81-36-34-80-35-37-82-58-22-21-51(50-18-11-12-19-52(50)58)55-42-84-63(67-55)56-20-13-26-75(56)64(79)60(45-14-7-6-8-15-45)69-62(78)44(3)66-4/h5,9-12,16-19,21-22,38-39,42-45,48,56,60,66,76H,1,6-8,13-15,20,23-37,40-41H2,2-4H3,(H,69,78)/t43?,44?,56?,60-/m0/s1. The minimum absolute atomic E-state index is 0.0176. The average molecular weight is 1160 g/mol. The number of likely N-dealkylation sites (tertiary alicyclic amines) is 2. The molecule has 3 N–H and O–H groups in total. The van der Waals surface area contributed by atoms with E-state index in [0.29, 0.717) is 71.7 Å². The van der Waals surface area contributed by atoms with Crippen LogP contribution in [0.15, 0.2) is 90.8 Å². The number of hydrogen-bond donors (Lipinski definition) is 3. The largest absolute Gasteiger partial charge is 0.508 e. The Morgan fingerprint density at radius 2 is 1.56 bits per heavy atom. The highest BCUT2D eigenvalue weighted by Gasteiger charge is 2.40. The SMILES string of the molecule is C=CC(=O)N1CCN(c2nc(OC(C)CN3CCC(OCCOCCOc4ccc(-c5csc(C6CCCN6C(=O)[C@@H](NC(=O)C(C)NC)C6CCCCC6)n5)c5ccccc45)CC3)nc3c2CCN(c2cc(O)cc4ccccc24)C3)CC1. The zero-order valence-electron chi connectivity index (χ0n) is 49.0. The van der Waals surface area contributed by atoms with E-state index in [4.69, 9.17) is 33.9 Å². The van der Waals surface area contributed by atoms with Crippen LogP contribution < -0.4 is 29.9 Å². The normalized spacial score (nSPS) is 19.3. The lowest BCUT2D eigenvalue weighted by atomic mass is 9.83. The van der Waals surface area contributed by atoms with E-state index >= 15 is 0 Å². The zero-order valence-corrected chi connectivity index (χ0v) is 49.8. The summed E-state index contributed by atoms with van der Waals surface area (Å²) in [4.78, 5) is 66.1. The van der Waals surface area contributed by atoms with Crippen molar-refractivity contribution in [2.75, 3.05) is 102 Å². The van der Waals surface area contributed by atoms with Gasteiger partial charge >= 0.3 is 6.01 Å². The highest BCUT2D eigenvalue weighted by molar-refractivity contribution is 7.10. The lowest BCUT2D eigenvalue weighted by Crippen LogP contribution is -2.55. The number of fused-ring (bicyclic) bond motifs is 3. The van der Waals surface area contributed by atoms with Crippen LogP contribution in [-0.2, 0) is 36.8 Å². The Balaban J connectivity index is 0.637. The van der Waals surface area contributed by atoms with Crippen LogP contribution in [0.2, 0.25) is 0 Å². The first-order valence-corrected chi connectivity index (χ1v) is 31.4. The number of amides is 3. The van der Waals surface area contributed by atoms with Gasteiger partial charge in [0, 0.05) is 97.9 Å². The number of nitrogens with zero attached hydrogens (tertiary/aromatic N) is 8. The van der Waals surface area contributed by atoms with Crippen LogP contribution in [-0.4, -0.2) is 169 Å². The molecule has 4 aromatic carbocycles. The smallest absolute Gasteiger partial charge is 0.318 e. The Hall–Kier alpha value is -6.90. The number of nitrogens with one attached hydrogen (secondary N) is 2. The van der Waals surface area contributed by atoms with E-state index < -0.39 is 6.04 Å². The van der Waals surface area contributed by atoms with Gasteiger partial charge in [0.05, 0.1) is 55.9 Å². The van der Waals surface area contributed by atoms with Gasteiger partial charge in [-0.05, 0) is 107 Å². The van der Waals surface area contributed by atoms with Crippen LogP contribution >= 0.6 is 11.3 Å². The molecule has 11 rings (SSSR count). The van der Waals surface area contributed by atoms with Crippen LogP contribution in [0.4, 0.5) is 11.5 Å². The molecule has 4 atom stereocenters. The Bertz CT molecular complexity index is 3270. The van der Waals surface area contributed by atoms with Crippen molar-refractivity contribution in [3.05, 3.63) is 107 Å². The van der Waals surface area contributed by atoms with E-state index in [2.05, 4.69) is 68.5 Å². The van der Waals surface area contributed by atoms with E-state index in [0.717, 1.165) is 150 Å². The van der Waals surface area contributed by atoms with Crippen LogP contribution in [0, 0.1) is 5.92 Å². The van der Waals surface area contributed by atoms with Gasteiger partial charge in [-0.15, -0.1) is 11.3 Å². The fourth-order valence-corrected chi connectivity index (χ4v) is 14.0. The van der Waals surface area contributed by atoms with E-state index in [1.165, 1.54) is 12.5 Å². The molecule has 4 aliphatic heterocycles. The van der Waals surface area contributed by atoms with Gasteiger partial charge in [0.1, 0.15) is 41.1 Å². The summed E-state index contributed by atoms with van der Waals surface area (Å²) in [6.45, 7) is 16.3. The molecular formula is C65H82N10O8S. The maximum absolute atomic E-state index is 14.4. The molecule has 18 nitrogen and oxygen atoms in total. The highest BCUT2D eigenvalue weighted by atomic mass is 32.1. The van der Waals surface area contributed by atoms with Gasteiger partial charge in [-0.2, -0.15) is 9.97 Å². The number of phenols is 1. The molecule has 0 radical (unpaired) electrons. The molecule has 446 valence electrons. The fraction of sp³-hybridized carbons (Fsp3) is 0.508. The minimum atomic E-state index is -0.531. The van der Waals surface area contributed by atoms with Crippen LogP contribution in [0.1, 0.15) is 93.9 Å². The first-order valence-electron chi connectivity index (χ1n) is 30.5. The molecule has 3 unspecified atom stereocenters. The van der Waals surface area contributed by atoms with Crippen molar-refractivity contribution >= 4 is 62.1 Å². The van der Waals surface area contributed by atoms with Crippen LogP contribution in [0.5, 0.6) is 17.5 Å². The van der Waals surface area contributed by atoms with Gasteiger partial charge in [-0.1, -0.05) is 74.4 Å². The summed E-state index contributed by atoms with van der Waals surface area (Å²) in [6.07, 6.45) is 10.9. The fourth-order valence-electron chi connectivity index (χ4n) is 13.0. The second-order valence-electron chi connectivity index (χ2n) is 23.2. The summed E-state index contributed by atoms with van der Waals surface area (Å²) in [7, 11) is 1.77. The third kappa shape index (κ3) is 13.6. The lowest BCUT2D eigenvalue weighted by Gasteiger charge is -2.38. The highest BCUT2D eigenvalue weighted by Crippen LogP contribution is 2.41. The number of carbonyl (C=O) groups excluding carboxylic acids is 3. The monoisotopic (exact) mass is 1160 g/mol. The summed E-state index contributed by atoms with van der Waals surface area (Å²) >= 11 is 1.60. The van der Waals surface area contributed by atoms with Gasteiger partial charge in [0.25, 0.3) is 0 Å². The molecule has 0 spiro atoms. The lowest BCUT2D eigenvalue weighted by molar-refractivity contribution is -0.139. The number of rotatable bonds is 22. The Morgan fingerprint density at radius 1 is 0.798 bits per heavy atom. The van der Waals surface area contributed by atoms with Crippen LogP contribution in [0.25, 0.3) is 32.8 Å². The number of phenolic OH excluding ortho intramolecular Hbond substituents is 1. The number of anilines is 2. The van der Waals surface area contributed by atoms with Gasteiger partial charge < -0.3 is 54.3 Å². The quantitative estimate of drug-likeness (QED) is 0.0433. The number of carbonyl (C=O) groups is 3. The van der Waals surface area contributed by atoms with Gasteiger partial charge in [-0.3, -0.25) is 19.3 Å². The first-order chi connectivity index (χ1) is 41.0. The second kappa shape index (κ2) is 27.4. The maximum Gasteiger partial charge on any atom is 0.318 e. The number of piperazine rings is 1. The third-order valence-electron chi connectivity index (χ3n) is 17.7. The Labute approximate surface area is 497 Å². The van der Waals surface area contributed by atoms with Crippen molar-refractivity contribution in [1.82, 2.24) is 40.3 Å². The molecule has 84 heavy (non-hydrogen) atoms. The summed E-state index contributed by atoms with van der Waals surface area (Å²) in [5, 5.41) is 24.0. The molecule has 6 aromatic rings. The molecular weight excluding hydrogens is 1080 g/mol. The molecule has 5 aliphatic rings. The number of likely N-dealkylation sites (N-methyl/N-ethyl adjacent to an activating group) is 1. The van der Waals surface area contributed by atoms with E-state index in [1.807, 2.05) is 59.2 Å². The van der Waals surface area contributed by atoms with Crippen molar-refractivity contribution in [3.63, 3.8) is 0 Å². The zero-order chi connectivity index (χ0) is 58.1. The summed E-state index contributed by atoms with van der Waals surface area (Å²) in [6, 6.07) is 23.4. The Morgan fingerprint density at radius 3 is 2.35 bits per heavy atom. The summed E-state index contributed by atoms with van der Waals surface area (Å²) in [5.41, 5.74) is 4.88. The number of thiazole rings is 1. The maximum atomic E-state index is 14.4. The van der Waals surface area contributed by atoms with Crippen LogP contribution in [0.3, 0.4) is 0 Å². The van der Waals surface area contributed by atoms with Crippen molar-refractivity contribution in [3.8, 4) is 28.8 Å². The summed E-state index contributed by atoms with van der Waals surface area (Å²) in [5.74, 6) is 1.85. The molecule has 4 fully saturated rings. The van der Waals surface area contributed by atoms with Crippen molar-refractivity contribution in [2.45, 2.75) is 115 Å². The van der Waals surface area contributed by atoms with Crippen molar-refractivity contribution in [1.29, 1.82) is 0 Å². The Kier molecular flexibility index (Phi) is 19.2. The molecule has 3 amide bonds. The molecule has 6 heterocycles. The minimum Gasteiger partial charge on any atom is -0.508 e. The number of benzene rings is 4. The molecule has 3 saturated heterocycles. The van der Waals surface area contributed by atoms with Crippen molar-refractivity contribution in [2.24, 2.45) is 5.92 Å². The number of aromatic hydroxyl groups is 1. The van der Waals surface area contributed by atoms with Gasteiger partial charge in [0.15, 0.2) is 0 Å². The van der Waals surface area contributed by atoms with E-state index in [9.17, 15) is 19.5 Å². The predicted octanol–water partition coefficient (Wildman–Crippen LogP) is 8.69. The number of hydrogen-bond acceptors (Lipinski definition) is 16. The second-order valence-corrected chi connectivity index (χ2v) is 24.1. The first kappa shape index (κ1) is 58.9. The van der Waals surface area contributed by atoms with E-state index in [1.54, 1.807) is 24.5 Å². The van der Waals surface area contributed by atoms with Gasteiger partial charge in [0.2, 0.25) is 17.7 Å². The van der Waals surface area contributed by atoms with Gasteiger partial charge in [-0.25, -0.2) is 4.98 Å². The van der Waals surface area contributed by atoms with E-state index in [-0.39, 0.29) is 53.7 Å². The number of aromatic nitrogens is 3.